The Morgan fingerprint density at radius 3 is 0.786 bits per heavy atom. The van der Waals surface area contributed by atoms with Crippen molar-refractivity contribution in [3.05, 3.63) is 0 Å². The van der Waals surface area contributed by atoms with E-state index >= 15 is 0 Å². The van der Waals surface area contributed by atoms with Gasteiger partial charge in [0.25, 0.3) is 0 Å². The van der Waals surface area contributed by atoms with Crippen molar-refractivity contribution in [2.75, 3.05) is 0 Å². The Kier molecular flexibility index (Phi) is 9.22. The van der Waals surface area contributed by atoms with Crippen molar-refractivity contribution in [2.45, 2.75) is 76.0 Å². The maximum atomic E-state index is 9.07. The van der Waals surface area contributed by atoms with Gasteiger partial charge in [-0.15, -0.1) is 0 Å². The van der Waals surface area contributed by atoms with E-state index in [9.17, 15) is 0 Å². The van der Waals surface area contributed by atoms with Crippen molar-refractivity contribution in [1.82, 2.24) is 0 Å². The zero-order valence-corrected chi connectivity index (χ0v) is 21.1. The maximum Gasteiger partial charge on any atom is 0.318 e. The molecule has 1 aliphatic heterocycles. The Balaban J connectivity index is 3.33. The van der Waals surface area contributed by atoms with E-state index in [0.29, 0.717) is 49.9 Å². The number of hydrogen-bond donors (Lipinski definition) is 0. The molecule has 0 spiro atoms. The zero-order chi connectivity index (χ0) is 21.3. The molecule has 0 amide bonds. The molecule has 1 heterocycles. The Hall–Kier alpha value is -1.33. The molecule has 0 aliphatic carbocycles. The number of nitriles is 4. The first-order chi connectivity index (χ1) is 13.1. The third kappa shape index (κ3) is 7.59. The second-order valence-electron chi connectivity index (χ2n) is 7.58. The fourth-order valence-electron chi connectivity index (χ4n) is 3.45. The van der Waals surface area contributed by atoms with E-state index in [-0.39, 0.29) is 0 Å². The highest BCUT2D eigenvalue weighted by Gasteiger charge is 2.56. The summed E-state index contributed by atoms with van der Waals surface area (Å²) in [6, 6.07) is 10.5. The topological polar surface area (TPSA) is 132 Å². The van der Waals surface area contributed by atoms with Crippen LogP contribution in [0.3, 0.4) is 0 Å². The normalized spacial score (nSPS) is 35.4. The van der Waals surface area contributed by atoms with Crippen LogP contribution in [-0.4, -0.2) is 34.2 Å². The molecule has 152 valence electrons. The number of hydrogen-bond acceptors (Lipinski definition) is 8. The third-order valence-corrected chi connectivity index (χ3v) is 22.9. The average Bonchev–Trinajstić information content (AvgIpc) is 2.60. The molecule has 0 aromatic rings. The quantitative estimate of drug-likeness (QED) is 0.504. The van der Waals surface area contributed by atoms with Gasteiger partial charge in [-0.3, -0.25) is 0 Å². The number of rotatable bonds is 8. The third-order valence-electron chi connectivity index (χ3n) is 4.49. The summed E-state index contributed by atoms with van der Waals surface area (Å²) in [5.41, 5.74) is 0. The van der Waals surface area contributed by atoms with E-state index < -0.39 is 34.2 Å². The summed E-state index contributed by atoms with van der Waals surface area (Å²) in [6.45, 7) is 7.69. The highest BCUT2D eigenvalue weighted by molar-refractivity contribution is 6.93. The van der Waals surface area contributed by atoms with Gasteiger partial charge in [0.15, 0.2) is 0 Å². The molecule has 0 unspecified atom stereocenters. The van der Waals surface area contributed by atoms with Crippen LogP contribution < -0.4 is 0 Å². The lowest BCUT2D eigenvalue weighted by Crippen LogP contribution is -2.67. The van der Waals surface area contributed by atoms with Crippen molar-refractivity contribution in [2.24, 2.45) is 0 Å². The van der Waals surface area contributed by atoms with Crippen LogP contribution in [-0.2, 0) is 16.5 Å². The van der Waals surface area contributed by atoms with E-state index in [0.717, 1.165) is 0 Å². The van der Waals surface area contributed by atoms with Crippen LogP contribution in [0, 0.1) is 45.3 Å². The predicted octanol–water partition coefficient (Wildman–Crippen LogP) is 4.01. The van der Waals surface area contributed by atoms with Gasteiger partial charge in [0.1, 0.15) is 0 Å². The molecule has 1 aliphatic rings. The molecule has 1 saturated heterocycles. The fourth-order valence-corrected chi connectivity index (χ4v) is 25.8. The lowest BCUT2D eigenvalue weighted by Gasteiger charge is -2.50. The summed E-state index contributed by atoms with van der Waals surface area (Å²) in [4.78, 5) is 0. The van der Waals surface area contributed by atoms with E-state index in [1.54, 1.807) is 0 Å². The van der Waals surface area contributed by atoms with Gasteiger partial charge in [0.05, 0.1) is 24.3 Å². The van der Waals surface area contributed by atoms with Gasteiger partial charge in [-0.2, -0.15) is 21.0 Å². The molecule has 0 N–H and O–H groups in total. The maximum absolute atomic E-state index is 9.07. The van der Waals surface area contributed by atoms with Crippen LogP contribution in [0.4, 0.5) is 0 Å². The van der Waals surface area contributed by atoms with Crippen LogP contribution in [0.15, 0.2) is 0 Å². The van der Waals surface area contributed by atoms with Crippen LogP contribution in [0.25, 0.3) is 0 Å². The van der Waals surface area contributed by atoms with E-state index in [1.165, 1.54) is 0 Å². The Bertz CT molecular complexity index is 581. The highest BCUT2D eigenvalue weighted by Crippen LogP contribution is 2.38. The van der Waals surface area contributed by atoms with Crippen LogP contribution >= 0.6 is 0 Å². The summed E-state index contributed by atoms with van der Waals surface area (Å²) in [5, 5.41) is 36.3. The molecular weight excluding hydrogens is 425 g/mol. The first-order valence-electron chi connectivity index (χ1n) is 9.36. The molecule has 0 aromatic carbocycles. The molecular formula is C16H28N4O4Si4. The zero-order valence-electron chi connectivity index (χ0n) is 17.1. The molecule has 0 radical (unpaired) electrons. The fraction of sp³-hybridized carbons (Fsp3) is 0.750. The standard InChI is InChI=1S/C16H28N4O4Si4/c1-25(13-5-9-17)21-26(2,14-6-10-18)23-28(4,16-8-12-20)24-27(3,22-25)15-7-11-19/h5-8,13-16H2,1-4H3. The molecule has 12 heteroatoms. The van der Waals surface area contributed by atoms with Gasteiger partial charge in [-0.1, -0.05) is 0 Å². The Morgan fingerprint density at radius 1 is 0.464 bits per heavy atom. The van der Waals surface area contributed by atoms with Crippen molar-refractivity contribution >= 4 is 34.2 Å². The monoisotopic (exact) mass is 452 g/mol. The van der Waals surface area contributed by atoms with Crippen molar-refractivity contribution in [3.63, 3.8) is 0 Å². The van der Waals surface area contributed by atoms with E-state index in [2.05, 4.69) is 24.3 Å². The van der Waals surface area contributed by atoms with E-state index in [1.807, 2.05) is 26.2 Å². The molecule has 0 atom stereocenters. The summed E-state index contributed by atoms with van der Waals surface area (Å²) >= 11 is 0. The van der Waals surface area contributed by atoms with Gasteiger partial charge < -0.3 is 16.5 Å². The molecule has 0 bridgehead atoms. The van der Waals surface area contributed by atoms with Crippen LogP contribution in [0.5, 0.6) is 0 Å². The summed E-state index contributed by atoms with van der Waals surface area (Å²) in [6.07, 6.45) is 1.21. The van der Waals surface area contributed by atoms with Crippen LogP contribution in [0.1, 0.15) is 25.7 Å². The lowest BCUT2D eigenvalue weighted by atomic mass is 10.6. The predicted molar refractivity (Wildman–Crippen MR) is 111 cm³/mol. The average molecular weight is 453 g/mol. The van der Waals surface area contributed by atoms with E-state index in [4.69, 9.17) is 37.5 Å². The van der Waals surface area contributed by atoms with Crippen molar-refractivity contribution in [1.29, 1.82) is 21.0 Å². The Labute approximate surface area is 172 Å². The Morgan fingerprint density at radius 2 is 0.643 bits per heavy atom. The lowest BCUT2D eigenvalue weighted by molar-refractivity contribution is 0.223. The largest absolute Gasteiger partial charge is 0.416 e. The summed E-state index contributed by atoms with van der Waals surface area (Å²) < 4.78 is 26.3. The second kappa shape index (κ2) is 10.4. The minimum absolute atomic E-state index is 0.303. The van der Waals surface area contributed by atoms with Crippen molar-refractivity contribution in [3.8, 4) is 24.3 Å². The van der Waals surface area contributed by atoms with Crippen molar-refractivity contribution < 1.29 is 16.5 Å². The first kappa shape index (κ1) is 24.7. The van der Waals surface area contributed by atoms with Gasteiger partial charge in [0.2, 0.25) is 0 Å². The molecule has 0 saturated carbocycles. The molecule has 28 heavy (non-hydrogen) atoms. The highest BCUT2D eigenvalue weighted by atomic mass is 28.5. The SMILES string of the molecule is C[Si]1(CCC#N)O[Si](C)(CCC#N)O[Si](C)(CCC#N)O[Si](C)(CCC#N)O1. The minimum atomic E-state index is -2.82. The number of nitrogens with zero attached hydrogens (tertiary/aromatic N) is 4. The van der Waals surface area contributed by atoms with Gasteiger partial charge in [-0.25, -0.2) is 0 Å². The summed E-state index contributed by atoms with van der Waals surface area (Å²) in [5.74, 6) is 0. The molecule has 1 rings (SSSR count). The molecule has 1 fully saturated rings. The second-order valence-corrected chi connectivity index (χ2v) is 21.9. The summed E-state index contributed by atoms with van der Waals surface area (Å²) in [7, 11) is -11.3. The van der Waals surface area contributed by atoms with Gasteiger partial charge in [-0.05, 0) is 26.2 Å². The molecule has 8 nitrogen and oxygen atoms in total. The minimum Gasteiger partial charge on any atom is -0.416 e. The molecule has 0 aromatic heterocycles. The van der Waals surface area contributed by atoms with Gasteiger partial charge in [0, 0.05) is 49.9 Å². The smallest absolute Gasteiger partial charge is 0.318 e. The first-order valence-corrected chi connectivity index (χ1v) is 19.5. The van der Waals surface area contributed by atoms with Gasteiger partial charge >= 0.3 is 34.2 Å². The van der Waals surface area contributed by atoms with Crippen LogP contribution in [0.2, 0.25) is 50.4 Å².